The molecule has 1 heterocycles. The quantitative estimate of drug-likeness (QED) is 0.528. The standard InChI is InChI=1S/C8H14N2/c1-8(2,3)4-7-5-9-6-10-7/h5H,4,6H2,1-3H3. The van der Waals surface area contributed by atoms with Gasteiger partial charge >= 0.3 is 0 Å². The summed E-state index contributed by atoms with van der Waals surface area (Å²) in [4.78, 5) is 8.24. The average Bonchev–Trinajstić information content (AvgIpc) is 2.12. The van der Waals surface area contributed by atoms with E-state index in [4.69, 9.17) is 0 Å². The first-order valence-electron chi connectivity index (χ1n) is 3.61. The predicted molar refractivity (Wildman–Crippen MR) is 44.9 cm³/mol. The molecule has 0 unspecified atom stereocenters. The van der Waals surface area contributed by atoms with E-state index in [1.807, 2.05) is 6.21 Å². The Labute approximate surface area is 62.1 Å². The number of nitrogens with zero attached hydrogens (tertiary/aromatic N) is 2. The lowest BCUT2D eigenvalue weighted by Gasteiger charge is -2.16. The molecule has 0 aromatic heterocycles. The van der Waals surface area contributed by atoms with Crippen LogP contribution in [0.2, 0.25) is 0 Å². The molecule has 0 saturated carbocycles. The molecular formula is C8H14N2. The maximum Gasteiger partial charge on any atom is 0.129 e. The highest BCUT2D eigenvalue weighted by molar-refractivity contribution is 6.31. The van der Waals surface area contributed by atoms with Gasteiger partial charge in [-0.15, -0.1) is 0 Å². The van der Waals surface area contributed by atoms with Gasteiger partial charge in [-0.2, -0.15) is 0 Å². The molecule has 0 N–H and O–H groups in total. The number of aliphatic imine (C=N–C) groups is 2. The highest BCUT2D eigenvalue weighted by Crippen LogP contribution is 2.19. The third-order valence-corrected chi connectivity index (χ3v) is 1.31. The van der Waals surface area contributed by atoms with Gasteiger partial charge in [-0.05, 0) is 11.8 Å². The third kappa shape index (κ3) is 2.29. The van der Waals surface area contributed by atoms with Crippen LogP contribution < -0.4 is 0 Å². The summed E-state index contributed by atoms with van der Waals surface area (Å²) >= 11 is 0. The van der Waals surface area contributed by atoms with Crippen molar-refractivity contribution in [3.8, 4) is 0 Å². The summed E-state index contributed by atoms with van der Waals surface area (Å²) in [5.41, 5.74) is 1.49. The molecule has 0 aliphatic carbocycles. The summed E-state index contributed by atoms with van der Waals surface area (Å²) in [6.07, 6.45) is 2.92. The van der Waals surface area contributed by atoms with Crippen LogP contribution in [0.4, 0.5) is 0 Å². The summed E-state index contributed by atoms with van der Waals surface area (Å²) < 4.78 is 0. The second-order valence-corrected chi connectivity index (χ2v) is 3.84. The zero-order chi connectivity index (χ0) is 7.61. The first-order valence-corrected chi connectivity index (χ1v) is 3.61. The average molecular weight is 138 g/mol. The minimum atomic E-state index is 0.342. The van der Waals surface area contributed by atoms with Crippen molar-refractivity contribution in [3.05, 3.63) is 0 Å². The molecule has 0 amide bonds. The van der Waals surface area contributed by atoms with E-state index in [0.29, 0.717) is 12.1 Å². The zero-order valence-corrected chi connectivity index (χ0v) is 6.89. The molecule has 0 radical (unpaired) electrons. The lowest BCUT2D eigenvalue weighted by molar-refractivity contribution is 0.435. The predicted octanol–water partition coefficient (Wildman–Crippen LogP) is 1.91. The van der Waals surface area contributed by atoms with Crippen molar-refractivity contribution in [1.82, 2.24) is 0 Å². The Balaban J connectivity index is 2.46. The van der Waals surface area contributed by atoms with Gasteiger partial charge in [0.15, 0.2) is 0 Å². The van der Waals surface area contributed by atoms with Crippen molar-refractivity contribution in [3.63, 3.8) is 0 Å². The van der Waals surface area contributed by atoms with E-state index in [1.165, 1.54) is 0 Å². The lowest BCUT2D eigenvalue weighted by atomic mass is 9.90. The number of rotatable bonds is 1. The van der Waals surface area contributed by atoms with Gasteiger partial charge in [0.2, 0.25) is 0 Å². The highest BCUT2D eigenvalue weighted by Gasteiger charge is 2.13. The van der Waals surface area contributed by atoms with Crippen molar-refractivity contribution < 1.29 is 0 Å². The third-order valence-electron chi connectivity index (χ3n) is 1.31. The SMILES string of the molecule is CC(C)(C)CC1=NCN=C1. The van der Waals surface area contributed by atoms with Crippen LogP contribution in [-0.4, -0.2) is 18.6 Å². The Morgan fingerprint density at radius 2 is 2.20 bits per heavy atom. The summed E-state index contributed by atoms with van der Waals surface area (Å²) in [5, 5.41) is 0. The molecule has 1 aliphatic rings. The van der Waals surface area contributed by atoms with Crippen LogP contribution in [0, 0.1) is 5.41 Å². The van der Waals surface area contributed by atoms with Crippen LogP contribution in [-0.2, 0) is 0 Å². The van der Waals surface area contributed by atoms with Gasteiger partial charge in [0.25, 0.3) is 0 Å². The van der Waals surface area contributed by atoms with Gasteiger partial charge in [-0.3, -0.25) is 9.98 Å². The van der Waals surface area contributed by atoms with Crippen LogP contribution in [0.5, 0.6) is 0 Å². The second-order valence-electron chi connectivity index (χ2n) is 3.84. The van der Waals surface area contributed by atoms with Crippen LogP contribution >= 0.6 is 0 Å². The first kappa shape index (κ1) is 7.45. The Kier molecular flexibility index (Phi) is 1.88. The van der Waals surface area contributed by atoms with E-state index < -0.39 is 0 Å². The molecule has 0 saturated heterocycles. The molecule has 10 heavy (non-hydrogen) atoms. The largest absolute Gasteiger partial charge is 0.268 e. The van der Waals surface area contributed by atoms with Crippen LogP contribution in [0.1, 0.15) is 27.2 Å². The fourth-order valence-corrected chi connectivity index (χ4v) is 0.964. The smallest absolute Gasteiger partial charge is 0.129 e. The summed E-state index contributed by atoms with van der Waals surface area (Å²) in [6.45, 7) is 7.27. The van der Waals surface area contributed by atoms with Gasteiger partial charge in [0, 0.05) is 6.21 Å². The lowest BCUT2D eigenvalue weighted by Crippen LogP contribution is -2.12. The Morgan fingerprint density at radius 1 is 1.50 bits per heavy atom. The summed E-state index contributed by atoms with van der Waals surface area (Å²) in [7, 11) is 0. The van der Waals surface area contributed by atoms with Gasteiger partial charge in [-0.1, -0.05) is 20.8 Å². The van der Waals surface area contributed by atoms with Gasteiger partial charge < -0.3 is 0 Å². The van der Waals surface area contributed by atoms with Crippen LogP contribution in [0.25, 0.3) is 0 Å². The molecule has 2 heteroatoms. The van der Waals surface area contributed by atoms with E-state index >= 15 is 0 Å². The van der Waals surface area contributed by atoms with Gasteiger partial charge in [-0.25, -0.2) is 0 Å². The van der Waals surface area contributed by atoms with Gasteiger partial charge in [0.05, 0.1) is 5.71 Å². The Hall–Kier alpha value is -0.660. The molecule has 0 fully saturated rings. The Bertz CT molecular complexity index is 172. The first-order chi connectivity index (χ1) is 4.58. The molecule has 1 rings (SSSR count). The van der Waals surface area contributed by atoms with E-state index in [-0.39, 0.29) is 0 Å². The van der Waals surface area contributed by atoms with E-state index in [1.54, 1.807) is 0 Å². The molecule has 0 atom stereocenters. The Morgan fingerprint density at radius 3 is 2.60 bits per heavy atom. The van der Waals surface area contributed by atoms with Crippen LogP contribution in [0.3, 0.4) is 0 Å². The highest BCUT2D eigenvalue weighted by atomic mass is 15.0. The molecule has 2 nitrogen and oxygen atoms in total. The van der Waals surface area contributed by atoms with E-state index in [9.17, 15) is 0 Å². The van der Waals surface area contributed by atoms with Crippen molar-refractivity contribution in [2.75, 3.05) is 6.67 Å². The molecule has 0 aromatic carbocycles. The fourth-order valence-electron chi connectivity index (χ4n) is 0.964. The zero-order valence-electron chi connectivity index (χ0n) is 6.89. The molecule has 0 bridgehead atoms. The molecule has 56 valence electrons. The van der Waals surface area contributed by atoms with E-state index in [0.717, 1.165) is 12.1 Å². The topological polar surface area (TPSA) is 24.7 Å². The minimum Gasteiger partial charge on any atom is -0.268 e. The van der Waals surface area contributed by atoms with Crippen LogP contribution in [0.15, 0.2) is 9.98 Å². The molecule has 0 aromatic rings. The number of hydrogen-bond donors (Lipinski definition) is 0. The molecule has 1 aliphatic heterocycles. The van der Waals surface area contributed by atoms with Crippen molar-refractivity contribution >= 4 is 11.9 Å². The van der Waals surface area contributed by atoms with Crippen molar-refractivity contribution in [1.29, 1.82) is 0 Å². The molecular weight excluding hydrogens is 124 g/mol. The maximum absolute atomic E-state index is 4.22. The fraction of sp³-hybridized carbons (Fsp3) is 0.750. The molecule has 0 spiro atoms. The minimum absolute atomic E-state index is 0.342. The summed E-state index contributed by atoms with van der Waals surface area (Å²) in [6, 6.07) is 0. The maximum atomic E-state index is 4.22. The second kappa shape index (κ2) is 2.52. The van der Waals surface area contributed by atoms with Crippen molar-refractivity contribution in [2.45, 2.75) is 27.2 Å². The number of hydrogen-bond acceptors (Lipinski definition) is 2. The van der Waals surface area contributed by atoms with E-state index in [2.05, 4.69) is 30.8 Å². The van der Waals surface area contributed by atoms with Crippen molar-refractivity contribution in [2.24, 2.45) is 15.4 Å². The van der Waals surface area contributed by atoms with Gasteiger partial charge in [0.1, 0.15) is 6.67 Å². The summed E-state index contributed by atoms with van der Waals surface area (Å²) in [5.74, 6) is 0. The normalized spacial score (nSPS) is 17.7. The monoisotopic (exact) mass is 138 g/mol.